The minimum atomic E-state index is -0.0117. The Balaban J connectivity index is 1.40. The van der Waals surface area contributed by atoms with Crippen LogP contribution in [0.1, 0.15) is 19.8 Å². The molecule has 0 spiro atoms. The normalized spacial score (nSPS) is 11.2. The summed E-state index contributed by atoms with van der Waals surface area (Å²) in [5.74, 6) is -0.0117. The molecule has 5 aromatic heterocycles. The number of amides is 1. The first-order chi connectivity index (χ1) is 17.7. The van der Waals surface area contributed by atoms with E-state index in [-0.39, 0.29) is 5.91 Å². The highest BCUT2D eigenvalue weighted by Gasteiger charge is 2.15. The second kappa shape index (κ2) is 9.07. The molecule has 8 heteroatoms. The third-order valence-electron chi connectivity index (χ3n) is 6.14. The number of anilines is 1. The molecule has 0 saturated carbocycles. The first kappa shape index (κ1) is 21.7. The van der Waals surface area contributed by atoms with E-state index >= 15 is 0 Å². The second-order valence-corrected chi connectivity index (χ2v) is 8.64. The average Bonchev–Trinajstić information content (AvgIpc) is 3.53. The number of hydrogen-bond donors (Lipinski definition) is 3. The van der Waals surface area contributed by atoms with Crippen molar-refractivity contribution in [3.05, 3.63) is 79.5 Å². The van der Waals surface area contributed by atoms with Crippen molar-refractivity contribution in [1.29, 1.82) is 0 Å². The number of pyridine rings is 3. The molecule has 6 aromatic rings. The van der Waals surface area contributed by atoms with Crippen LogP contribution >= 0.6 is 0 Å². The molecule has 176 valence electrons. The molecule has 0 aliphatic rings. The van der Waals surface area contributed by atoms with E-state index in [9.17, 15) is 4.79 Å². The largest absolute Gasteiger partial charge is 0.352 e. The van der Waals surface area contributed by atoms with Gasteiger partial charge in [-0.05, 0) is 48.4 Å². The van der Waals surface area contributed by atoms with Gasteiger partial charge in [-0.2, -0.15) is 5.10 Å². The van der Waals surface area contributed by atoms with E-state index < -0.39 is 0 Å². The molecular weight excluding hydrogens is 450 g/mol. The highest BCUT2D eigenvalue weighted by atomic mass is 16.1. The summed E-state index contributed by atoms with van der Waals surface area (Å²) in [6.45, 7) is 1.98. The summed E-state index contributed by atoms with van der Waals surface area (Å²) in [4.78, 5) is 28.7. The van der Waals surface area contributed by atoms with Crippen LogP contribution in [-0.2, 0) is 4.79 Å². The Morgan fingerprint density at radius 1 is 0.917 bits per heavy atom. The van der Waals surface area contributed by atoms with Crippen molar-refractivity contribution in [2.24, 2.45) is 0 Å². The molecule has 0 saturated heterocycles. The summed E-state index contributed by atoms with van der Waals surface area (Å²) >= 11 is 0. The molecule has 0 radical (unpaired) electrons. The van der Waals surface area contributed by atoms with Crippen LogP contribution in [0, 0.1) is 0 Å². The Labute approximate surface area is 206 Å². The van der Waals surface area contributed by atoms with Gasteiger partial charge in [0.1, 0.15) is 5.69 Å². The van der Waals surface area contributed by atoms with Crippen LogP contribution in [-0.4, -0.2) is 36.0 Å². The van der Waals surface area contributed by atoms with Crippen LogP contribution in [0.3, 0.4) is 0 Å². The fraction of sp³-hybridized carbons (Fsp3) is 0.107. The maximum absolute atomic E-state index is 12.0. The SMILES string of the molecule is CCCC(=O)Nc1cncc(-c2ccc3[nH]nc(-c4cc5c(-c6ccccn6)cncc5[nH]4)c3c2)c1. The molecule has 36 heavy (non-hydrogen) atoms. The standard InChI is InChI=1S/C28H23N7O/c1-2-5-27(36)32-19-10-18(13-29-14-19)17-7-8-24-21(11-17)28(35-34-24)25-12-20-22(15-30-16-26(20)33-25)23-6-3-4-9-31-23/h3-4,6-16,33H,2,5H2,1H3,(H,32,36)(H,34,35). The molecule has 8 nitrogen and oxygen atoms in total. The Morgan fingerprint density at radius 3 is 2.69 bits per heavy atom. The van der Waals surface area contributed by atoms with Crippen LogP contribution in [0.2, 0.25) is 0 Å². The van der Waals surface area contributed by atoms with E-state index in [1.165, 1.54) is 0 Å². The predicted octanol–water partition coefficient (Wildman–Crippen LogP) is 5.97. The maximum atomic E-state index is 12.0. The van der Waals surface area contributed by atoms with Gasteiger partial charge in [-0.1, -0.05) is 19.1 Å². The minimum absolute atomic E-state index is 0.0117. The summed E-state index contributed by atoms with van der Waals surface area (Å²) in [6, 6.07) is 16.0. The van der Waals surface area contributed by atoms with Crippen molar-refractivity contribution in [3.8, 4) is 33.8 Å². The predicted molar refractivity (Wildman–Crippen MR) is 141 cm³/mol. The van der Waals surface area contributed by atoms with Gasteiger partial charge in [0.2, 0.25) is 5.91 Å². The van der Waals surface area contributed by atoms with Gasteiger partial charge in [0.15, 0.2) is 0 Å². The van der Waals surface area contributed by atoms with Crippen molar-refractivity contribution >= 4 is 33.4 Å². The van der Waals surface area contributed by atoms with E-state index in [0.717, 1.165) is 62.0 Å². The highest BCUT2D eigenvalue weighted by molar-refractivity contribution is 6.01. The van der Waals surface area contributed by atoms with Crippen molar-refractivity contribution < 1.29 is 4.79 Å². The zero-order chi connectivity index (χ0) is 24.5. The van der Waals surface area contributed by atoms with Crippen molar-refractivity contribution in [1.82, 2.24) is 30.1 Å². The zero-order valence-corrected chi connectivity index (χ0v) is 19.6. The van der Waals surface area contributed by atoms with Crippen LogP contribution in [0.15, 0.2) is 79.5 Å². The fourth-order valence-corrected chi connectivity index (χ4v) is 4.42. The molecule has 5 heterocycles. The number of H-pyrrole nitrogens is 2. The molecule has 1 aromatic carbocycles. The second-order valence-electron chi connectivity index (χ2n) is 8.64. The molecule has 0 unspecified atom stereocenters. The number of carbonyl (C=O) groups excluding carboxylic acids is 1. The number of aromatic amines is 2. The van der Waals surface area contributed by atoms with Gasteiger partial charge in [0.05, 0.1) is 40.5 Å². The molecule has 3 N–H and O–H groups in total. The first-order valence-corrected chi connectivity index (χ1v) is 11.8. The zero-order valence-electron chi connectivity index (χ0n) is 19.6. The number of hydrogen-bond acceptors (Lipinski definition) is 5. The van der Waals surface area contributed by atoms with Gasteiger partial charge in [-0.3, -0.25) is 24.8 Å². The van der Waals surface area contributed by atoms with Gasteiger partial charge in [0, 0.05) is 46.9 Å². The van der Waals surface area contributed by atoms with Gasteiger partial charge < -0.3 is 10.3 Å². The van der Waals surface area contributed by atoms with Gasteiger partial charge >= 0.3 is 0 Å². The summed E-state index contributed by atoms with van der Waals surface area (Å²) in [6.07, 6.45) is 10.2. The Bertz CT molecular complexity index is 1700. The third-order valence-corrected chi connectivity index (χ3v) is 6.14. The molecule has 0 aliphatic heterocycles. The van der Waals surface area contributed by atoms with E-state index in [2.05, 4.69) is 47.6 Å². The van der Waals surface area contributed by atoms with Gasteiger partial charge in [0.25, 0.3) is 0 Å². The topological polar surface area (TPSA) is 112 Å². The number of benzene rings is 1. The van der Waals surface area contributed by atoms with Gasteiger partial charge in [-0.25, -0.2) is 0 Å². The fourth-order valence-electron chi connectivity index (χ4n) is 4.42. The first-order valence-electron chi connectivity index (χ1n) is 11.8. The van der Waals surface area contributed by atoms with Gasteiger partial charge in [-0.15, -0.1) is 0 Å². The van der Waals surface area contributed by atoms with E-state index in [1.807, 2.05) is 55.7 Å². The monoisotopic (exact) mass is 473 g/mol. The minimum Gasteiger partial charge on any atom is -0.352 e. The number of aromatic nitrogens is 6. The van der Waals surface area contributed by atoms with Crippen LogP contribution in [0.25, 0.3) is 55.6 Å². The molecule has 0 fully saturated rings. The number of nitrogens with zero attached hydrogens (tertiary/aromatic N) is 4. The smallest absolute Gasteiger partial charge is 0.224 e. The highest BCUT2D eigenvalue weighted by Crippen LogP contribution is 2.34. The lowest BCUT2D eigenvalue weighted by Crippen LogP contribution is -2.10. The number of fused-ring (bicyclic) bond motifs is 2. The quantitative estimate of drug-likeness (QED) is 0.276. The Morgan fingerprint density at radius 2 is 1.83 bits per heavy atom. The summed E-state index contributed by atoms with van der Waals surface area (Å²) in [5.41, 5.74) is 7.96. The molecule has 6 rings (SSSR count). The van der Waals surface area contributed by atoms with Crippen molar-refractivity contribution in [3.63, 3.8) is 0 Å². The summed E-state index contributed by atoms with van der Waals surface area (Å²) < 4.78 is 0. The number of nitrogens with one attached hydrogen (secondary N) is 3. The lowest BCUT2D eigenvalue weighted by Gasteiger charge is -2.07. The molecular formula is C28H23N7O. The van der Waals surface area contributed by atoms with Crippen LogP contribution in [0.4, 0.5) is 5.69 Å². The summed E-state index contributed by atoms with van der Waals surface area (Å²) in [5, 5.41) is 12.7. The lowest BCUT2D eigenvalue weighted by atomic mass is 10.0. The maximum Gasteiger partial charge on any atom is 0.224 e. The number of carbonyl (C=O) groups is 1. The number of rotatable bonds is 6. The van der Waals surface area contributed by atoms with E-state index in [0.29, 0.717) is 12.1 Å². The van der Waals surface area contributed by atoms with Crippen LogP contribution in [0.5, 0.6) is 0 Å². The third kappa shape index (κ3) is 3.98. The van der Waals surface area contributed by atoms with Crippen LogP contribution < -0.4 is 5.32 Å². The van der Waals surface area contributed by atoms with Crippen molar-refractivity contribution in [2.75, 3.05) is 5.32 Å². The molecule has 0 bridgehead atoms. The lowest BCUT2D eigenvalue weighted by molar-refractivity contribution is -0.116. The molecule has 0 aliphatic carbocycles. The van der Waals surface area contributed by atoms with E-state index in [4.69, 9.17) is 0 Å². The molecule has 0 atom stereocenters. The Kier molecular flexibility index (Phi) is 5.46. The van der Waals surface area contributed by atoms with Crippen molar-refractivity contribution in [2.45, 2.75) is 19.8 Å². The molecule has 1 amide bonds. The summed E-state index contributed by atoms with van der Waals surface area (Å²) in [7, 11) is 0. The van der Waals surface area contributed by atoms with E-state index in [1.54, 1.807) is 18.6 Å². The Hall–Kier alpha value is -4.85. The average molecular weight is 474 g/mol.